The van der Waals surface area contributed by atoms with Gasteiger partial charge in [-0.3, -0.25) is 4.98 Å². The van der Waals surface area contributed by atoms with Crippen molar-refractivity contribution in [2.75, 3.05) is 10.6 Å². The van der Waals surface area contributed by atoms with Gasteiger partial charge in [0.1, 0.15) is 0 Å². The molecule has 0 bridgehead atoms. The number of anilines is 2. The van der Waals surface area contributed by atoms with E-state index in [1.165, 1.54) is 11.1 Å². The maximum Gasteiger partial charge on any atom is 0.150 e. The molecule has 2 N–H and O–H groups in total. The van der Waals surface area contributed by atoms with Gasteiger partial charge in [0.2, 0.25) is 0 Å². The Balaban J connectivity index is 1.96. The molecule has 1 aliphatic heterocycles. The molecular weight excluding hydrogens is 224 g/mol. The molecule has 1 aromatic heterocycles. The molecule has 0 aliphatic carbocycles. The van der Waals surface area contributed by atoms with Crippen LogP contribution in [0.5, 0.6) is 0 Å². The van der Waals surface area contributed by atoms with E-state index >= 15 is 0 Å². The lowest BCUT2D eigenvalue weighted by atomic mass is 10.1. The maximum atomic E-state index is 5.82. The monoisotopic (exact) mass is 240 g/mol. The van der Waals surface area contributed by atoms with Gasteiger partial charge in [0.15, 0.2) is 5.82 Å². The summed E-state index contributed by atoms with van der Waals surface area (Å²) in [6.45, 7) is 5.71. The third kappa shape index (κ3) is 1.79. The van der Waals surface area contributed by atoms with Crippen LogP contribution < -0.4 is 10.6 Å². The van der Waals surface area contributed by atoms with Crippen molar-refractivity contribution in [1.29, 1.82) is 0 Å². The Bertz CT molecular complexity index is 607. The van der Waals surface area contributed by atoms with Crippen molar-refractivity contribution in [3.63, 3.8) is 0 Å². The summed E-state index contributed by atoms with van der Waals surface area (Å²) in [6.07, 6.45) is 1.81. The zero-order valence-electron chi connectivity index (χ0n) is 10.6. The summed E-state index contributed by atoms with van der Waals surface area (Å²) in [5, 5.41) is 0. The second-order valence-corrected chi connectivity index (χ2v) is 4.80. The van der Waals surface area contributed by atoms with Gasteiger partial charge in [-0.05, 0) is 37.1 Å². The van der Waals surface area contributed by atoms with E-state index < -0.39 is 0 Å². The highest BCUT2D eigenvalue weighted by Gasteiger charge is 2.21. The Morgan fingerprint density at radius 2 is 1.94 bits per heavy atom. The van der Waals surface area contributed by atoms with Gasteiger partial charge in [0, 0.05) is 25.0 Å². The molecular formula is C14H16N4. The largest absolute Gasteiger partial charge is 0.399 e. The zero-order valence-corrected chi connectivity index (χ0v) is 10.6. The van der Waals surface area contributed by atoms with Crippen molar-refractivity contribution in [2.45, 2.75) is 26.9 Å². The molecule has 0 saturated heterocycles. The Hall–Kier alpha value is -2.10. The third-order valence-electron chi connectivity index (χ3n) is 3.30. The van der Waals surface area contributed by atoms with Gasteiger partial charge >= 0.3 is 0 Å². The summed E-state index contributed by atoms with van der Waals surface area (Å²) < 4.78 is 0. The van der Waals surface area contributed by atoms with Crippen molar-refractivity contribution < 1.29 is 0 Å². The average molecular weight is 240 g/mol. The quantitative estimate of drug-likeness (QED) is 0.776. The lowest BCUT2D eigenvalue weighted by Gasteiger charge is -2.18. The van der Waals surface area contributed by atoms with E-state index in [1.807, 2.05) is 26.0 Å². The molecule has 0 spiro atoms. The van der Waals surface area contributed by atoms with E-state index in [9.17, 15) is 0 Å². The van der Waals surface area contributed by atoms with E-state index in [0.717, 1.165) is 36.0 Å². The number of hydrogen-bond donors (Lipinski definition) is 1. The summed E-state index contributed by atoms with van der Waals surface area (Å²) in [5.41, 5.74) is 11.2. The summed E-state index contributed by atoms with van der Waals surface area (Å²) in [6, 6.07) is 6.11. The summed E-state index contributed by atoms with van der Waals surface area (Å²) in [5.74, 6) is 0.977. The first kappa shape index (κ1) is 11.0. The highest BCUT2D eigenvalue weighted by atomic mass is 15.2. The lowest BCUT2D eigenvalue weighted by molar-refractivity contribution is 0.833. The van der Waals surface area contributed by atoms with Crippen LogP contribution in [0.15, 0.2) is 24.4 Å². The second kappa shape index (κ2) is 3.98. The van der Waals surface area contributed by atoms with Crippen LogP contribution in [-0.2, 0) is 13.1 Å². The average Bonchev–Trinajstić information content (AvgIpc) is 2.74. The number of hydrogen-bond acceptors (Lipinski definition) is 4. The van der Waals surface area contributed by atoms with Crippen LogP contribution in [0.1, 0.15) is 22.5 Å². The number of aryl methyl sites for hydroxylation is 2. The number of rotatable bonds is 1. The van der Waals surface area contributed by atoms with Crippen LogP contribution >= 0.6 is 0 Å². The van der Waals surface area contributed by atoms with Crippen molar-refractivity contribution in [3.8, 4) is 0 Å². The predicted molar refractivity (Wildman–Crippen MR) is 72.2 cm³/mol. The number of nitrogen functional groups attached to an aromatic ring is 1. The van der Waals surface area contributed by atoms with Gasteiger partial charge in [-0.2, -0.15) is 0 Å². The first-order valence-corrected chi connectivity index (χ1v) is 6.06. The molecule has 0 atom stereocenters. The molecule has 4 nitrogen and oxygen atoms in total. The Morgan fingerprint density at radius 3 is 2.78 bits per heavy atom. The van der Waals surface area contributed by atoms with Crippen LogP contribution in [0.3, 0.4) is 0 Å². The van der Waals surface area contributed by atoms with E-state index in [2.05, 4.69) is 20.9 Å². The Morgan fingerprint density at radius 1 is 1.17 bits per heavy atom. The number of benzene rings is 1. The van der Waals surface area contributed by atoms with Gasteiger partial charge in [-0.25, -0.2) is 4.98 Å². The number of aromatic nitrogens is 2. The summed E-state index contributed by atoms with van der Waals surface area (Å²) in [4.78, 5) is 11.2. The zero-order chi connectivity index (χ0) is 12.7. The van der Waals surface area contributed by atoms with Crippen molar-refractivity contribution in [1.82, 2.24) is 9.97 Å². The fraction of sp³-hybridized carbons (Fsp3) is 0.286. The highest BCUT2D eigenvalue weighted by molar-refractivity contribution is 5.53. The highest BCUT2D eigenvalue weighted by Crippen LogP contribution is 2.29. The van der Waals surface area contributed by atoms with Gasteiger partial charge in [-0.1, -0.05) is 6.07 Å². The van der Waals surface area contributed by atoms with Crippen molar-refractivity contribution >= 4 is 11.5 Å². The molecule has 2 aromatic rings. The smallest absolute Gasteiger partial charge is 0.150 e. The number of fused-ring (bicyclic) bond motifs is 1. The molecule has 1 aromatic carbocycles. The van der Waals surface area contributed by atoms with Crippen LogP contribution in [-0.4, -0.2) is 9.97 Å². The van der Waals surface area contributed by atoms with Gasteiger partial charge in [0.05, 0.1) is 11.4 Å². The molecule has 92 valence electrons. The maximum absolute atomic E-state index is 5.82. The molecule has 4 heteroatoms. The van der Waals surface area contributed by atoms with Crippen LogP contribution in [0, 0.1) is 13.8 Å². The molecule has 0 fully saturated rings. The van der Waals surface area contributed by atoms with E-state index in [-0.39, 0.29) is 0 Å². The Labute approximate surface area is 106 Å². The predicted octanol–water partition coefficient (Wildman–Crippen LogP) is 2.20. The SMILES string of the molecule is Cc1cnc(C)c(N2Cc3ccc(N)cc3C2)n1. The van der Waals surface area contributed by atoms with Gasteiger partial charge in [0.25, 0.3) is 0 Å². The van der Waals surface area contributed by atoms with E-state index in [1.54, 1.807) is 6.20 Å². The second-order valence-electron chi connectivity index (χ2n) is 4.80. The number of nitrogens with zero attached hydrogens (tertiary/aromatic N) is 3. The molecule has 0 saturated carbocycles. The first-order chi connectivity index (χ1) is 8.63. The van der Waals surface area contributed by atoms with Crippen molar-refractivity contribution in [3.05, 3.63) is 46.9 Å². The topological polar surface area (TPSA) is 55.0 Å². The standard InChI is InChI=1S/C14H16N4/c1-9-6-16-10(2)14(17-9)18-7-11-3-4-13(15)5-12(11)8-18/h3-6H,7-8,15H2,1-2H3. The molecule has 18 heavy (non-hydrogen) atoms. The first-order valence-electron chi connectivity index (χ1n) is 6.06. The summed E-state index contributed by atoms with van der Waals surface area (Å²) in [7, 11) is 0. The minimum atomic E-state index is 0.822. The number of nitrogens with two attached hydrogens (primary N) is 1. The molecule has 1 aliphatic rings. The van der Waals surface area contributed by atoms with Gasteiger partial charge < -0.3 is 10.6 Å². The minimum Gasteiger partial charge on any atom is -0.399 e. The molecule has 0 amide bonds. The molecule has 0 unspecified atom stereocenters. The van der Waals surface area contributed by atoms with Crippen LogP contribution in [0.25, 0.3) is 0 Å². The third-order valence-corrected chi connectivity index (χ3v) is 3.30. The van der Waals surface area contributed by atoms with Gasteiger partial charge in [-0.15, -0.1) is 0 Å². The normalized spacial score (nSPS) is 13.8. The molecule has 3 rings (SSSR count). The van der Waals surface area contributed by atoms with E-state index in [0.29, 0.717) is 0 Å². The summed E-state index contributed by atoms with van der Waals surface area (Å²) >= 11 is 0. The fourth-order valence-electron chi connectivity index (χ4n) is 2.39. The van der Waals surface area contributed by atoms with E-state index in [4.69, 9.17) is 5.73 Å². The lowest BCUT2D eigenvalue weighted by Crippen LogP contribution is -2.18. The fourth-order valence-corrected chi connectivity index (χ4v) is 2.39. The molecule has 0 radical (unpaired) electrons. The molecule has 2 heterocycles. The minimum absolute atomic E-state index is 0.822. The van der Waals surface area contributed by atoms with Crippen LogP contribution in [0.4, 0.5) is 11.5 Å². The van der Waals surface area contributed by atoms with Crippen LogP contribution in [0.2, 0.25) is 0 Å². The Kier molecular flexibility index (Phi) is 2.44. The van der Waals surface area contributed by atoms with Crippen molar-refractivity contribution in [2.24, 2.45) is 0 Å².